The van der Waals surface area contributed by atoms with Crippen molar-refractivity contribution in [3.05, 3.63) is 23.8 Å². The molecule has 1 aromatic heterocycles. The fourth-order valence-corrected chi connectivity index (χ4v) is 2.00. The van der Waals surface area contributed by atoms with E-state index in [4.69, 9.17) is 5.73 Å². The summed E-state index contributed by atoms with van der Waals surface area (Å²) >= 11 is 0. The molecular formula is C11H14N4. The third-order valence-electron chi connectivity index (χ3n) is 2.88. The number of para-hydroxylation sites is 1. The first-order valence-corrected chi connectivity index (χ1v) is 5.43. The van der Waals surface area contributed by atoms with Gasteiger partial charge in [-0.3, -0.25) is 0 Å². The Balaban J connectivity index is 2.19. The molecule has 0 saturated heterocycles. The molecule has 1 heterocycles. The van der Waals surface area contributed by atoms with Crippen molar-refractivity contribution in [2.75, 3.05) is 6.54 Å². The summed E-state index contributed by atoms with van der Waals surface area (Å²) in [5.41, 5.74) is 9.06. The van der Waals surface area contributed by atoms with Gasteiger partial charge in [0, 0.05) is 0 Å². The molecule has 0 spiro atoms. The highest BCUT2D eigenvalue weighted by Gasteiger charge is 2.27. The predicted molar refractivity (Wildman–Crippen MR) is 58.6 cm³/mol. The summed E-state index contributed by atoms with van der Waals surface area (Å²) < 4.78 is 2.07. The van der Waals surface area contributed by atoms with Crippen molar-refractivity contribution < 1.29 is 0 Å². The number of benzene rings is 1. The second-order valence-corrected chi connectivity index (χ2v) is 4.09. The van der Waals surface area contributed by atoms with Gasteiger partial charge >= 0.3 is 0 Å². The van der Waals surface area contributed by atoms with Crippen LogP contribution in [0, 0.1) is 0 Å². The van der Waals surface area contributed by atoms with Crippen LogP contribution in [0.3, 0.4) is 0 Å². The lowest BCUT2D eigenvalue weighted by molar-refractivity contribution is 0.628. The van der Waals surface area contributed by atoms with Crippen LogP contribution >= 0.6 is 0 Å². The van der Waals surface area contributed by atoms with Gasteiger partial charge in [0.25, 0.3) is 0 Å². The lowest BCUT2D eigenvalue weighted by Gasteiger charge is -2.04. The largest absolute Gasteiger partial charge is 0.330 e. The SMILES string of the molecule is NCCc1cccc2nnn(C3CC3)c12. The topological polar surface area (TPSA) is 56.7 Å². The summed E-state index contributed by atoms with van der Waals surface area (Å²) in [4.78, 5) is 0. The summed E-state index contributed by atoms with van der Waals surface area (Å²) in [7, 11) is 0. The van der Waals surface area contributed by atoms with E-state index in [1.165, 1.54) is 23.9 Å². The summed E-state index contributed by atoms with van der Waals surface area (Å²) in [6.07, 6.45) is 3.36. The Labute approximate surface area is 88.1 Å². The van der Waals surface area contributed by atoms with Crippen LogP contribution < -0.4 is 5.73 Å². The number of nitrogens with two attached hydrogens (primary N) is 1. The van der Waals surface area contributed by atoms with Crippen molar-refractivity contribution in [2.24, 2.45) is 5.73 Å². The van der Waals surface area contributed by atoms with Gasteiger partial charge in [0.15, 0.2) is 0 Å². The van der Waals surface area contributed by atoms with Gasteiger partial charge in [0.2, 0.25) is 0 Å². The molecule has 0 bridgehead atoms. The van der Waals surface area contributed by atoms with E-state index in [1.807, 2.05) is 12.1 Å². The van der Waals surface area contributed by atoms with E-state index < -0.39 is 0 Å². The van der Waals surface area contributed by atoms with E-state index in [-0.39, 0.29) is 0 Å². The molecule has 1 fully saturated rings. The van der Waals surface area contributed by atoms with Gasteiger partial charge in [-0.2, -0.15) is 0 Å². The normalized spacial score (nSPS) is 16.1. The highest BCUT2D eigenvalue weighted by atomic mass is 15.4. The molecule has 1 aliphatic carbocycles. The van der Waals surface area contributed by atoms with Gasteiger partial charge in [-0.25, -0.2) is 4.68 Å². The first-order valence-electron chi connectivity index (χ1n) is 5.43. The Kier molecular flexibility index (Phi) is 1.95. The number of hydrogen-bond acceptors (Lipinski definition) is 3. The number of nitrogens with zero attached hydrogens (tertiary/aromatic N) is 3. The van der Waals surface area contributed by atoms with Crippen LogP contribution in [0.15, 0.2) is 18.2 Å². The molecule has 78 valence electrons. The summed E-state index contributed by atoms with van der Waals surface area (Å²) in [5.74, 6) is 0. The molecule has 2 aromatic rings. The average molecular weight is 202 g/mol. The predicted octanol–water partition coefficient (Wildman–Crippen LogP) is 1.27. The maximum absolute atomic E-state index is 5.61. The fraction of sp³-hybridized carbons (Fsp3) is 0.455. The Morgan fingerprint density at radius 3 is 3.00 bits per heavy atom. The third kappa shape index (κ3) is 1.41. The van der Waals surface area contributed by atoms with E-state index >= 15 is 0 Å². The average Bonchev–Trinajstić information content (AvgIpc) is 3.00. The van der Waals surface area contributed by atoms with Crippen LogP contribution in [0.1, 0.15) is 24.4 Å². The van der Waals surface area contributed by atoms with Gasteiger partial charge in [-0.15, -0.1) is 5.10 Å². The van der Waals surface area contributed by atoms with Crippen LogP contribution in [0.2, 0.25) is 0 Å². The van der Waals surface area contributed by atoms with Crippen LogP contribution in [0.25, 0.3) is 11.0 Å². The van der Waals surface area contributed by atoms with Crippen molar-refractivity contribution in [3.63, 3.8) is 0 Å². The van der Waals surface area contributed by atoms with Crippen LogP contribution in [0.4, 0.5) is 0 Å². The number of fused-ring (bicyclic) bond motifs is 1. The number of aromatic nitrogens is 3. The number of rotatable bonds is 3. The van der Waals surface area contributed by atoms with E-state index in [0.29, 0.717) is 12.6 Å². The molecule has 1 saturated carbocycles. The highest BCUT2D eigenvalue weighted by Crippen LogP contribution is 2.36. The smallest absolute Gasteiger partial charge is 0.113 e. The molecule has 0 unspecified atom stereocenters. The second-order valence-electron chi connectivity index (χ2n) is 4.09. The van der Waals surface area contributed by atoms with Gasteiger partial charge in [-0.05, 0) is 37.4 Å². The van der Waals surface area contributed by atoms with E-state index in [0.717, 1.165) is 11.9 Å². The quantitative estimate of drug-likeness (QED) is 0.815. The maximum atomic E-state index is 5.61. The first-order chi connectivity index (χ1) is 7.40. The van der Waals surface area contributed by atoms with Crippen LogP contribution in [-0.2, 0) is 6.42 Å². The molecule has 1 aliphatic rings. The molecule has 2 N–H and O–H groups in total. The molecular weight excluding hydrogens is 188 g/mol. The Bertz CT molecular complexity index is 484. The van der Waals surface area contributed by atoms with Gasteiger partial charge in [0.1, 0.15) is 5.52 Å². The Morgan fingerprint density at radius 2 is 2.27 bits per heavy atom. The van der Waals surface area contributed by atoms with E-state index in [9.17, 15) is 0 Å². The molecule has 3 rings (SSSR count). The second kappa shape index (κ2) is 3.31. The lowest BCUT2D eigenvalue weighted by Crippen LogP contribution is -2.05. The highest BCUT2D eigenvalue weighted by molar-refractivity contribution is 5.78. The Morgan fingerprint density at radius 1 is 1.40 bits per heavy atom. The standard InChI is InChI=1S/C11H14N4/c12-7-6-8-2-1-3-10-11(8)15(14-13-10)9-4-5-9/h1-3,9H,4-7,12H2. The Hall–Kier alpha value is -1.42. The van der Waals surface area contributed by atoms with Crippen molar-refractivity contribution in [3.8, 4) is 0 Å². The van der Waals surface area contributed by atoms with Gasteiger partial charge in [0.05, 0.1) is 11.6 Å². The summed E-state index contributed by atoms with van der Waals surface area (Å²) in [5, 5.41) is 8.42. The lowest BCUT2D eigenvalue weighted by atomic mass is 10.1. The van der Waals surface area contributed by atoms with Gasteiger partial charge < -0.3 is 5.73 Å². The zero-order valence-corrected chi connectivity index (χ0v) is 8.56. The molecule has 0 atom stereocenters. The fourth-order valence-electron chi connectivity index (χ4n) is 2.00. The molecule has 0 radical (unpaired) electrons. The molecule has 15 heavy (non-hydrogen) atoms. The molecule has 4 heteroatoms. The van der Waals surface area contributed by atoms with Crippen molar-refractivity contribution >= 4 is 11.0 Å². The first kappa shape index (κ1) is 8.85. The molecule has 1 aromatic carbocycles. The zero-order chi connectivity index (χ0) is 10.3. The van der Waals surface area contributed by atoms with Crippen molar-refractivity contribution in [1.29, 1.82) is 0 Å². The van der Waals surface area contributed by atoms with E-state index in [1.54, 1.807) is 0 Å². The van der Waals surface area contributed by atoms with Crippen LogP contribution in [0.5, 0.6) is 0 Å². The minimum absolute atomic E-state index is 0.578. The minimum Gasteiger partial charge on any atom is -0.330 e. The third-order valence-corrected chi connectivity index (χ3v) is 2.88. The molecule has 0 aliphatic heterocycles. The monoisotopic (exact) mass is 202 g/mol. The van der Waals surface area contributed by atoms with Crippen molar-refractivity contribution in [2.45, 2.75) is 25.3 Å². The summed E-state index contributed by atoms with van der Waals surface area (Å²) in [6.45, 7) is 0.676. The molecule has 0 amide bonds. The van der Waals surface area contributed by atoms with Gasteiger partial charge in [-0.1, -0.05) is 17.3 Å². The molecule has 4 nitrogen and oxygen atoms in total. The number of hydrogen-bond donors (Lipinski definition) is 1. The minimum atomic E-state index is 0.578. The summed E-state index contributed by atoms with van der Waals surface area (Å²) in [6, 6.07) is 6.74. The maximum Gasteiger partial charge on any atom is 0.113 e. The van der Waals surface area contributed by atoms with Crippen LogP contribution in [-0.4, -0.2) is 21.5 Å². The van der Waals surface area contributed by atoms with E-state index in [2.05, 4.69) is 21.1 Å². The van der Waals surface area contributed by atoms with Crippen molar-refractivity contribution in [1.82, 2.24) is 15.0 Å². The zero-order valence-electron chi connectivity index (χ0n) is 8.56.